The van der Waals surface area contributed by atoms with Crippen molar-refractivity contribution >= 4 is 0 Å². The number of ether oxygens (including phenoxy) is 2. The molecule has 0 heterocycles. The number of hydrogen-bond acceptors (Lipinski definition) is 3. The van der Waals surface area contributed by atoms with Crippen LogP contribution in [0.2, 0.25) is 0 Å². The third-order valence-corrected chi connectivity index (χ3v) is 2.81. The maximum atomic E-state index is 5.79. The summed E-state index contributed by atoms with van der Waals surface area (Å²) in [4.78, 5) is 0. The Hall–Kier alpha value is -0.120. The molecule has 0 radical (unpaired) electrons. The van der Waals surface area contributed by atoms with Gasteiger partial charge in [0, 0.05) is 19.7 Å². The molecule has 1 aliphatic rings. The second kappa shape index (κ2) is 9.13. The van der Waals surface area contributed by atoms with Crippen LogP contribution in [0, 0.1) is 0 Å². The summed E-state index contributed by atoms with van der Waals surface area (Å²) in [7, 11) is 0. The van der Waals surface area contributed by atoms with Crippen molar-refractivity contribution in [3.05, 3.63) is 0 Å². The van der Waals surface area contributed by atoms with Gasteiger partial charge in [0.05, 0.1) is 19.3 Å². The molecule has 0 amide bonds. The molecule has 90 valence electrons. The van der Waals surface area contributed by atoms with Crippen molar-refractivity contribution in [3.63, 3.8) is 0 Å². The van der Waals surface area contributed by atoms with E-state index in [1.807, 2.05) is 6.92 Å². The SMILES string of the molecule is CCOCCNCCOC1CCCCC1. The fourth-order valence-corrected chi connectivity index (χ4v) is 1.94. The first-order chi connectivity index (χ1) is 7.43. The van der Waals surface area contributed by atoms with E-state index >= 15 is 0 Å². The summed E-state index contributed by atoms with van der Waals surface area (Å²) in [6.07, 6.45) is 7.15. The summed E-state index contributed by atoms with van der Waals surface area (Å²) < 4.78 is 11.0. The van der Waals surface area contributed by atoms with Crippen LogP contribution in [0.3, 0.4) is 0 Å². The Morgan fingerprint density at radius 2 is 1.80 bits per heavy atom. The second-order valence-electron chi connectivity index (χ2n) is 4.08. The van der Waals surface area contributed by atoms with Gasteiger partial charge in [-0.05, 0) is 19.8 Å². The molecule has 0 aromatic heterocycles. The van der Waals surface area contributed by atoms with Crippen LogP contribution in [0.4, 0.5) is 0 Å². The molecule has 3 nitrogen and oxygen atoms in total. The van der Waals surface area contributed by atoms with Gasteiger partial charge in [0.2, 0.25) is 0 Å². The largest absolute Gasteiger partial charge is 0.380 e. The second-order valence-corrected chi connectivity index (χ2v) is 4.08. The van der Waals surface area contributed by atoms with E-state index in [9.17, 15) is 0 Å². The molecular formula is C12H25NO2. The molecule has 1 fully saturated rings. The van der Waals surface area contributed by atoms with Gasteiger partial charge >= 0.3 is 0 Å². The summed E-state index contributed by atoms with van der Waals surface area (Å²) in [5.41, 5.74) is 0. The predicted octanol–water partition coefficient (Wildman–Crippen LogP) is 1.96. The lowest BCUT2D eigenvalue weighted by Crippen LogP contribution is -2.27. The summed E-state index contributed by atoms with van der Waals surface area (Å²) >= 11 is 0. The van der Waals surface area contributed by atoms with Crippen LogP contribution in [0.15, 0.2) is 0 Å². The van der Waals surface area contributed by atoms with Crippen molar-refractivity contribution in [2.45, 2.75) is 45.1 Å². The molecule has 0 atom stereocenters. The van der Waals surface area contributed by atoms with Crippen LogP contribution in [-0.4, -0.2) is 39.0 Å². The molecule has 0 bridgehead atoms. The van der Waals surface area contributed by atoms with Crippen molar-refractivity contribution in [1.82, 2.24) is 5.32 Å². The van der Waals surface area contributed by atoms with Gasteiger partial charge in [-0.1, -0.05) is 19.3 Å². The molecule has 0 aliphatic heterocycles. The van der Waals surface area contributed by atoms with E-state index < -0.39 is 0 Å². The summed E-state index contributed by atoms with van der Waals surface area (Å²) in [6, 6.07) is 0. The summed E-state index contributed by atoms with van der Waals surface area (Å²) in [5.74, 6) is 0. The van der Waals surface area contributed by atoms with E-state index in [1.165, 1.54) is 32.1 Å². The summed E-state index contributed by atoms with van der Waals surface area (Å²) in [6.45, 7) is 6.36. The van der Waals surface area contributed by atoms with E-state index in [2.05, 4.69) is 5.32 Å². The Labute approximate surface area is 93.5 Å². The van der Waals surface area contributed by atoms with Gasteiger partial charge in [0.1, 0.15) is 0 Å². The zero-order valence-electron chi connectivity index (χ0n) is 9.96. The lowest BCUT2D eigenvalue weighted by molar-refractivity contribution is 0.0296. The zero-order chi connectivity index (χ0) is 10.8. The van der Waals surface area contributed by atoms with Crippen molar-refractivity contribution in [1.29, 1.82) is 0 Å². The van der Waals surface area contributed by atoms with Crippen molar-refractivity contribution in [2.75, 3.05) is 32.9 Å². The summed E-state index contributed by atoms with van der Waals surface area (Å²) in [5, 5.41) is 3.31. The molecule has 15 heavy (non-hydrogen) atoms. The number of hydrogen-bond donors (Lipinski definition) is 1. The van der Waals surface area contributed by atoms with E-state index in [4.69, 9.17) is 9.47 Å². The molecule has 0 aromatic carbocycles. The number of rotatable bonds is 8. The Kier molecular flexibility index (Phi) is 7.88. The molecular weight excluding hydrogens is 190 g/mol. The average Bonchev–Trinajstić information content (AvgIpc) is 2.29. The minimum Gasteiger partial charge on any atom is -0.380 e. The van der Waals surface area contributed by atoms with Gasteiger partial charge in [-0.2, -0.15) is 0 Å². The maximum absolute atomic E-state index is 5.79. The molecule has 1 saturated carbocycles. The fraction of sp³-hybridized carbons (Fsp3) is 1.00. The van der Waals surface area contributed by atoms with Crippen LogP contribution in [0.25, 0.3) is 0 Å². The van der Waals surface area contributed by atoms with Crippen molar-refractivity contribution < 1.29 is 9.47 Å². The Balaban J connectivity index is 1.79. The topological polar surface area (TPSA) is 30.5 Å². The van der Waals surface area contributed by atoms with Crippen LogP contribution in [0.1, 0.15) is 39.0 Å². The molecule has 0 unspecified atom stereocenters. The highest BCUT2D eigenvalue weighted by molar-refractivity contribution is 4.65. The molecule has 1 rings (SSSR count). The van der Waals surface area contributed by atoms with E-state index in [0.29, 0.717) is 6.10 Å². The fourth-order valence-electron chi connectivity index (χ4n) is 1.94. The highest BCUT2D eigenvalue weighted by atomic mass is 16.5. The van der Waals surface area contributed by atoms with Crippen LogP contribution < -0.4 is 5.32 Å². The van der Waals surface area contributed by atoms with E-state index in [-0.39, 0.29) is 0 Å². The first kappa shape index (κ1) is 12.9. The van der Waals surface area contributed by atoms with Gasteiger partial charge in [0.25, 0.3) is 0 Å². The third-order valence-electron chi connectivity index (χ3n) is 2.81. The molecule has 0 saturated heterocycles. The van der Waals surface area contributed by atoms with Crippen molar-refractivity contribution in [3.8, 4) is 0 Å². The van der Waals surface area contributed by atoms with Gasteiger partial charge in [-0.3, -0.25) is 0 Å². The number of nitrogens with one attached hydrogen (secondary N) is 1. The third kappa shape index (κ3) is 6.88. The Morgan fingerprint density at radius 3 is 2.53 bits per heavy atom. The maximum Gasteiger partial charge on any atom is 0.0594 e. The van der Waals surface area contributed by atoms with Gasteiger partial charge in [0.15, 0.2) is 0 Å². The minimum absolute atomic E-state index is 0.535. The van der Waals surface area contributed by atoms with E-state index in [0.717, 1.165) is 32.9 Å². The molecule has 0 aromatic rings. The van der Waals surface area contributed by atoms with Crippen LogP contribution >= 0.6 is 0 Å². The van der Waals surface area contributed by atoms with Gasteiger partial charge < -0.3 is 14.8 Å². The Morgan fingerprint density at radius 1 is 1.07 bits per heavy atom. The van der Waals surface area contributed by atoms with Crippen LogP contribution in [-0.2, 0) is 9.47 Å². The molecule has 0 spiro atoms. The normalized spacial score (nSPS) is 18.2. The van der Waals surface area contributed by atoms with Crippen LogP contribution in [0.5, 0.6) is 0 Å². The lowest BCUT2D eigenvalue weighted by atomic mass is 9.98. The van der Waals surface area contributed by atoms with Gasteiger partial charge in [-0.15, -0.1) is 0 Å². The quantitative estimate of drug-likeness (QED) is 0.628. The van der Waals surface area contributed by atoms with E-state index in [1.54, 1.807) is 0 Å². The molecule has 3 heteroatoms. The zero-order valence-corrected chi connectivity index (χ0v) is 9.96. The smallest absolute Gasteiger partial charge is 0.0594 e. The minimum atomic E-state index is 0.535. The Bertz CT molecular complexity index is 136. The standard InChI is InChI=1S/C12H25NO2/c1-2-14-10-8-13-9-11-15-12-6-4-3-5-7-12/h12-13H,2-11H2,1H3. The average molecular weight is 215 g/mol. The lowest BCUT2D eigenvalue weighted by Gasteiger charge is -2.21. The molecule has 1 N–H and O–H groups in total. The monoisotopic (exact) mass is 215 g/mol. The predicted molar refractivity (Wildman–Crippen MR) is 62.2 cm³/mol. The van der Waals surface area contributed by atoms with Crippen molar-refractivity contribution in [2.24, 2.45) is 0 Å². The van der Waals surface area contributed by atoms with Gasteiger partial charge in [-0.25, -0.2) is 0 Å². The first-order valence-electron chi connectivity index (χ1n) is 6.33. The first-order valence-corrected chi connectivity index (χ1v) is 6.33. The highest BCUT2D eigenvalue weighted by Gasteiger charge is 2.12. The highest BCUT2D eigenvalue weighted by Crippen LogP contribution is 2.19. The molecule has 1 aliphatic carbocycles.